The van der Waals surface area contributed by atoms with Crippen LogP contribution in [-0.2, 0) is 5.60 Å². The van der Waals surface area contributed by atoms with Gasteiger partial charge in [0.2, 0.25) is 0 Å². The van der Waals surface area contributed by atoms with Crippen LogP contribution in [0.4, 0.5) is 5.69 Å². The molecule has 1 aliphatic heterocycles. The Morgan fingerprint density at radius 3 is 2.91 bits per heavy atom. The number of piperidine rings is 1. The molecule has 7 heteroatoms. The molecule has 2 aromatic rings. The molecule has 22 heavy (non-hydrogen) atoms. The molecule has 0 bridgehead atoms. The van der Waals surface area contributed by atoms with Crippen LogP contribution in [0.2, 0.25) is 5.02 Å². The Morgan fingerprint density at radius 1 is 1.41 bits per heavy atom. The van der Waals surface area contributed by atoms with Crippen LogP contribution in [0.1, 0.15) is 38.4 Å². The van der Waals surface area contributed by atoms with Crippen molar-refractivity contribution < 1.29 is 5.11 Å². The third-order valence-corrected chi connectivity index (χ3v) is 4.37. The second-order valence-corrected chi connectivity index (χ2v) is 6.47. The zero-order valence-corrected chi connectivity index (χ0v) is 13.5. The molecule has 0 aliphatic carbocycles. The average molecular weight is 322 g/mol. The van der Waals surface area contributed by atoms with Crippen molar-refractivity contribution in [2.24, 2.45) is 0 Å². The minimum absolute atomic E-state index is 0.221. The standard InChI is InChI=1S/C15H20ClN5O/c1-11(2)21-9-14(18-19-21)15(22)5-3-7-20(10-15)13-4-6-17-8-12(13)16/h4,6,8-9,11,22H,3,5,7,10H2,1-2H3. The van der Waals surface area contributed by atoms with E-state index in [2.05, 4.69) is 20.2 Å². The third-order valence-electron chi connectivity index (χ3n) is 4.08. The first-order valence-corrected chi connectivity index (χ1v) is 7.86. The van der Waals surface area contributed by atoms with Crippen molar-refractivity contribution in [3.8, 4) is 0 Å². The van der Waals surface area contributed by atoms with E-state index in [1.165, 1.54) is 0 Å². The summed E-state index contributed by atoms with van der Waals surface area (Å²) in [5.41, 5.74) is 0.514. The maximum atomic E-state index is 11.0. The molecule has 3 rings (SSSR count). The number of hydrogen-bond donors (Lipinski definition) is 1. The van der Waals surface area contributed by atoms with Gasteiger partial charge in [0, 0.05) is 25.0 Å². The number of aliphatic hydroxyl groups is 1. The van der Waals surface area contributed by atoms with Crippen molar-refractivity contribution in [2.75, 3.05) is 18.0 Å². The summed E-state index contributed by atoms with van der Waals surface area (Å²) >= 11 is 6.22. The number of β-amino-alcohol motifs (C(OH)–C–C–N with tert-alkyl or cyclic N) is 1. The summed E-state index contributed by atoms with van der Waals surface area (Å²) in [5.74, 6) is 0. The lowest BCUT2D eigenvalue weighted by atomic mass is 9.89. The molecule has 0 amide bonds. The number of hydrogen-bond acceptors (Lipinski definition) is 5. The molecule has 0 saturated carbocycles. The van der Waals surface area contributed by atoms with E-state index >= 15 is 0 Å². The second kappa shape index (κ2) is 5.85. The van der Waals surface area contributed by atoms with E-state index in [4.69, 9.17) is 11.6 Å². The lowest BCUT2D eigenvalue weighted by molar-refractivity contribution is 0.0176. The van der Waals surface area contributed by atoms with Crippen LogP contribution >= 0.6 is 11.6 Å². The van der Waals surface area contributed by atoms with Crippen LogP contribution in [0.5, 0.6) is 0 Å². The SMILES string of the molecule is CC(C)n1cc(C2(O)CCCN(c3ccncc3Cl)C2)nn1. The van der Waals surface area contributed by atoms with Crippen LogP contribution in [0.15, 0.2) is 24.7 Å². The van der Waals surface area contributed by atoms with Gasteiger partial charge in [-0.3, -0.25) is 4.98 Å². The van der Waals surface area contributed by atoms with Gasteiger partial charge in [0.05, 0.1) is 23.5 Å². The van der Waals surface area contributed by atoms with Gasteiger partial charge in [-0.05, 0) is 32.8 Å². The Labute approximate surface area is 134 Å². The Balaban J connectivity index is 1.86. The molecule has 3 heterocycles. The number of anilines is 1. The summed E-state index contributed by atoms with van der Waals surface area (Å²) in [6.07, 6.45) is 6.71. The normalized spacial score (nSPS) is 22.3. The highest BCUT2D eigenvalue weighted by atomic mass is 35.5. The molecule has 0 aromatic carbocycles. The first-order chi connectivity index (χ1) is 10.5. The highest BCUT2D eigenvalue weighted by Crippen LogP contribution is 2.35. The largest absolute Gasteiger partial charge is 0.382 e. The Kier molecular flexibility index (Phi) is 4.06. The molecule has 1 atom stereocenters. The summed E-state index contributed by atoms with van der Waals surface area (Å²) in [7, 11) is 0. The molecule has 2 aromatic heterocycles. The maximum absolute atomic E-state index is 11.0. The van der Waals surface area contributed by atoms with E-state index in [1.807, 2.05) is 26.1 Å². The monoisotopic (exact) mass is 321 g/mol. The summed E-state index contributed by atoms with van der Waals surface area (Å²) in [4.78, 5) is 6.10. The summed E-state index contributed by atoms with van der Waals surface area (Å²) in [6, 6.07) is 2.10. The van der Waals surface area contributed by atoms with Gasteiger partial charge in [-0.1, -0.05) is 16.8 Å². The van der Waals surface area contributed by atoms with E-state index in [9.17, 15) is 5.11 Å². The molecule has 0 spiro atoms. The minimum Gasteiger partial charge on any atom is -0.382 e. The number of rotatable bonds is 3. The fraction of sp³-hybridized carbons (Fsp3) is 0.533. The topological polar surface area (TPSA) is 67.1 Å². The van der Waals surface area contributed by atoms with Gasteiger partial charge in [-0.2, -0.15) is 0 Å². The Hall–Kier alpha value is -1.66. The van der Waals surface area contributed by atoms with Gasteiger partial charge in [-0.25, -0.2) is 4.68 Å². The van der Waals surface area contributed by atoms with Crippen molar-refractivity contribution in [2.45, 2.75) is 38.3 Å². The smallest absolute Gasteiger partial charge is 0.127 e. The van der Waals surface area contributed by atoms with Gasteiger partial charge in [0.25, 0.3) is 0 Å². The lowest BCUT2D eigenvalue weighted by Crippen LogP contribution is -2.46. The zero-order chi connectivity index (χ0) is 15.7. The van der Waals surface area contributed by atoms with E-state index in [0.717, 1.165) is 18.7 Å². The van der Waals surface area contributed by atoms with Crippen molar-refractivity contribution in [1.29, 1.82) is 0 Å². The van der Waals surface area contributed by atoms with Gasteiger partial charge >= 0.3 is 0 Å². The maximum Gasteiger partial charge on any atom is 0.127 e. The molecule has 1 saturated heterocycles. The summed E-state index contributed by atoms with van der Waals surface area (Å²) in [6.45, 7) is 5.37. The molecule has 1 unspecified atom stereocenters. The second-order valence-electron chi connectivity index (χ2n) is 6.06. The predicted octanol–water partition coefficient (Wildman–Crippen LogP) is 2.40. The van der Waals surface area contributed by atoms with Crippen LogP contribution in [0.25, 0.3) is 0 Å². The van der Waals surface area contributed by atoms with Gasteiger partial charge in [0.1, 0.15) is 11.3 Å². The molecule has 1 N–H and O–H groups in total. The molecule has 6 nitrogen and oxygen atoms in total. The van der Waals surface area contributed by atoms with Crippen LogP contribution in [0, 0.1) is 0 Å². The third kappa shape index (κ3) is 2.80. The average Bonchev–Trinajstić information content (AvgIpc) is 2.98. The first kappa shape index (κ1) is 15.2. The van der Waals surface area contributed by atoms with Crippen LogP contribution in [-0.4, -0.2) is 38.2 Å². The van der Waals surface area contributed by atoms with Gasteiger partial charge < -0.3 is 10.0 Å². The molecule has 1 aliphatic rings. The summed E-state index contributed by atoms with van der Waals surface area (Å²) in [5, 5.41) is 19.9. The minimum atomic E-state index is -1.00. The fourth-order valence-corrected chi connectivity index (χ4v) is 3.06. The lowest BCUT2D eigenvalue weighted by Gasteiger charge is -2.39. The molecule has 1 fully saturated rings. The van der Waals surface area contributed by atoms with E-state index in [0.29, 0.717) is 23.7 Å². The quantitative estimate of drug-likeness (QED) is 0.940. The van der Waals surface area contributed by atoms with Gasteiger partial charge in [0.15, 0.2) is 0 Å². The van der Waals surface area contributed by atoms with E-state index in [-0.39, 0.29) is 6.04 Å². The zero-order valence-electron chi connectivity index (χ0n) is 12.8. The van der Waals surface area contributed by atoms with E-state index in [1.54, 1.807) is 17.1 Å². The van der Waals surface area contributed by atoms with Gasteiger partial charge in [-0.15, -0.1) is 5.10 Å². The fourth-order valence-electron chi connectivity index (χ4n) is 2.82. The molecular weight excluding hydrogens is 302 g/mol. The van der Waals surface area contributed by atoms with E-state index < -0.39 is 5.60 Å². The number of pyridine rings is 1. The first-order valence-electron chi connectivity index (χ1n) is 7.49. The van der Waals surface area contributed by atoms with Crippen molar-refractivity contribution in [3.63, 3.8) is 0 Å². The van der Waals surface area contributed by atoms with Crippen molar-refractivity contribution in [3.05, 3.63) is 35.4 Å². The molecule has 0 radical (unpaired) electrons. The van der Waals surface area contributed by atoms with Crippen molar-refractivity contribution in [1.82, 2.24) is 20.0 Å². The highest BCUT2D eigenvalue weighted by Gasteiger charge is 2.38. The molecular formula is C15H20ClN5O. The number of nitrogens with zero attached hydrogens (tertiary/aromatic N) is 5. The van der Waals surface area contributed by atoms with Crippen LogP contribution in [0.3, 0.4) is 0 Å². The Bertz CT molecular complexity index is 659. The predicted molar refractivity (Wildman–Crippen MR) is 85.0 cm³/mol. The number of aromatic nitrogens is 4. The Morgan fingerprint density at radius 2 is 2.23 bits per heavy atom. The number of halogens is 1. The van der Waals surface area contributed by atoms with Crippen LogP contribution < -0.4 is 4.90 Å². The molecule has 118 valence electrons. The highest BCUT2D eigenvalue weighted by molar-refractivity contribution is 6.33. The van der Waals surface area contributed by atoms with Crippen molar-refractivity contribution >= 4 is 17.3 Å². The summed E-state index contributed by atoms with van der Waals surface area (Å²) < 4.78 is 1.77.